The average Bonchev–Trinajstić information content (AvgIpc) is 2.45. The number of aliphatic carboxylic acids is 1. The Kier molecular flexibility index (Phi) is 3.71. The lowest BCUT2D eigenvalue weighted by Gasteiger charge is -2.05. The highest BCUT2D eigenvalue weighted by Crippen LogP contribution is 2.17. The first-order chi connectivity index (χ1) is 7.74. The van der Waals surface area contributed by atoms with Crippen LogP contribution in [0.3, 0.4) is 0 Å². The molecule has 0 aromatic carbocycles. The topological polar surface area (TPSA) is 128 Å². The summed E-state index contributed by atoms with van der Waals surface area (Å²) in [5, 5.41) is 15.0. The fraction of sp³-hybridized carbons (Fsp3) is 0.625. The van der Waals surface area contributed by atoms with Gasteiger partial charge in [0, 0.05) is 6.54 Å². The van der Waals surface area contributed by atoms with E-state index in [4.69, 9.17) is 10.8 Å². The molecule has 0 aliphatic rings. The second-order valence-electron chi connectivity index (χ2n) is 4.01. The summed E-state index contributed by atoms with van der Waals surface area (Å²) >= 11 is 0. The van der Waals surface area contributed by atoms with Crippen LogP contribution in [0.15, 0.2) is 5.03 Å². The van der Waals surface area contributed by atoms with Gasteiger partial charge in [-0.2, -0.15) is 0 Å². The van der Waals surface area contributed by atoms with Crippen molar-refractivity contribution in [3.8, 4) is 0 Å². The molecule has 0 aliphatic heterocycles. The number of carbonyl (C=O) groups is 1. The Bertz CT molecular complexity index is 520. The number of nitrogens with zero attached hydrogens (tertiary/aromatic N) is 3. The van der Waals surface area contributed by atoms with Crippen LogP contribution in [-0.2, 0) is 21.2 Å². The van der Waals surface area contributed by atoms with Crippen molar-refractivity contribution in [2.45, 2.75) is 25.4 Å². The van der Waals surface area contributed by atoms with Crippen molar-refractivity contribution in [2.24, 2.45) is 5.92 Å². The summed E-state index contributed by atoms with van der Waals surface area (Å²) in [6, 6.07) is 0. The Labute approximate surface area is 98.3 Å². The van der Waals surface area contributed by atoms with E-state index in [9.17, 15) is 13.2 Å². The molecule has 0 radical (unpaired) electrons. The molecular formula is C8H14N4O4S. The molecule has 0 bridgehead atoms. The monoisotopic (exact) mass is 262 g/mol. The minimum Gasteiger partial charge on any atom is -0.480 e. The summed E-state index contributed by atoms with van der Waals surface area (Å²) in [4.78, 5) is 10.4. The summed E-state index contributed by atoms with van der Waals surface area (Å²) in [7, 11) is -4.02. The van der Waals surface area contributed by atoms with Crippen molar-refractivity contribution in [3.05, 3.63) is 0 Å². The second-order valence-corrected chi connectivity index (χ2v) is 5.91. The van der Waals surface area contributed by atoms with E-state index in [1.807, 2.05) is 13.8 Å². The van der Waals surface area contributed by atoms with Crippen LogP contribution >= 0.6 is 0 Å². The zero-order valence-electron chi connectivity index (χ0n) is 9.49. The minimum atomic E-state index is -4.02. The SMILES string of the molecule is CC(C)Cn1nnc(S(=O)(=O)CC(=O)O)c1N. The van der Waals surface area contributed by atoms with Gasteiger partial charge in [0.05, 0.1) is 0 Å². The van der Waals surface area contributed by atoms with Crippen LogP contribution in [0, 0.1) is 5.92 Å². The number of carboxylic acids is 1. The van der Waals surface area contributed by atoms with Crippen LogP contribution in [0.1, 0.15) is 13.8 Å². The van der Waals surface area contributed by atoms with Gasteiger partial charge < -0.3 is 10.8 Å². The van der Waals surface area contributed by atoms with Gasteiger partial charge in [0.25, 0.3) is 0 Å². The Morgan fingerprint density at radius 3 is 2.59 bits per heavy atom. The molecule has 0 amide bonds. The third kappa shape index (κ3) is 3.16. The van der Waals surface area contributed by atoms with Crippen molar-refractivity contribution in [1.29, 1.82) is 0 Å². The molecular weight excluding hydrogens is 248 g/mol. The largest absolute Gasteiger partial charge is 0.480 e. The fourth-order valence-electron chi connectivity index (χ4n) is 1.24. The lowest BCUT2D eigenvalue weighted by Crippen LogP contribution is -2.17. The zero-order valence-corrected chi connectivity index (χ0v) is 10.3. The molecule has 17 heavy (non-hydrogen) atoms. The standard InChI is InChI=1S/C8H14N4O4S/c1-5(2)3-12-7(9)8(10-11-12)17(15,16)4-6(13)14/h5H,3-4,9H2,1-2H3,(H,13,14). The number of hydrogen-bond acceptors (Lipinski definition) is 6. The Hall–Kier alpha value is -1.64. The molecule has 0 aliphatic carbocycles. The van der Waals surface area contributed by atoms with E-state index in [1.165, 1.54) is 4.68 Å². The summed E-state index contributed by atoms with van der Waals surface area (Å²) in [5.41, 5.74) is 5.58. The number of carboxylic acid groups (broad SMARTS) is 1. The molecule has 0 saturated heterocycles. The van der Waals surface area contributed by atoms with Crippen LogP contribution < -0.4 is 5.73 Å². The maximum atomic E-state index is 11.6. The molecule has 0 fully saturated rings. The van der Waals surface area contributed by atoms with E-state index in [2.05, 4.69) is 10.3 Å². The number of nitrogen functional groups attached to an aromatic ring is 1. The molecule has 1 aromatic heterocycles. The van der Waals surface area contributed by atoms with E-state index in [0.717, 1.165) is 0 Å². The molecule has 0 unspecified atom stereocenters. The van der Waals surface area contributed by atoms with Crippen molar-refractivity contribution in [1.82, 2.24) is 15.0 Å². The Balaban J connectivity index is 3.08. The van der Waals surface area contributed by atoms with Crippen molar-refractivity contribution >= 4 is 21.6 Å². The number of nitrogens with two attached hydrogens (primary N) is 1. The molecule has 9 heteroatoms. The maximum absolute atomic E-state index is 11.6. The summed E-state index contributed by atoms with van der Waals surface area (Å²) in [6.45, 7) is 4.24. The number of hydrogen-bond donors (Lipinski definition) is 2. The van der Waals surface area contributed by atoms with Crippen LogP contribution in [0.2, 0.25) is 0 Å². The second kappa shape index (κ2) is 4.70. The average molecular weight is 262 g/mol. The molecule has 3 N–H and O–H groups in total. The summed E-state index contributed by atoms with van der Waals surface area (Å²) < 4.78 is 24.4. The first-order valence-electron chi connectivity index (χ1n) is 4.87. The lowest BCUT2D eigenvalue weighted by atomic mass is 10.2. The minimum absolute atomic E-state index is 0.125. The highest BCUT2D eigenvalue weighted by Gasteiger charge is 2.26. The maximum Gasteiger partial charge on any atom is 0.319 e. The molecule has 1 rings (SSSR count). The predicted molar refractivity (Wildman–Crippen MR) is 59.0 cm³/mol. The summed E-state index contributed by atoms with van der Waals surface area (Å²) in [6.07, 6.45) is 0. The number of rotatable bonds is 5. The summed E-state index contributed by atoms with van der Waals surface area (Å²) in [5.74, 6) is -2.41. The van der Waals surface area contributed by atoms with E-state index in [-0.39, 0.29) is 11.7 Å². The smallest absolute Gasteiger partial charge is 0.319 e. The Morgan fingerprint density at radius 1 is 1.53 bits per heavy atom. The predicted octanol–water partition coefficient (Wildman–Crippen LogP) is -0.625. The quantitative estimate of drug-likeness (QED) is 0.723. The lowest BCUT2D eigenvalue weighted by molar-refractivity contribution is -0.134. The van der Waals surface area contributed by atoms with Gasteiger partial charge in [-0.05, 0) is 5.92 Å². The number of aromatic nitrogens is 3. The van der Waals surface area contributed by atoms with Crippen LogP contribution in [0.5, 0.6) is 0 Å². The molecule has 0 atom stereocenters. The van der Waals surface area contributed by atoms with Gasteiger partial charge in [-0.3, -0.25) is 4.79 Å². The highest BCUT2D eigenvalue weighted by atomic mass is 32.2. The van der Waals surface area contributed by atoms with Crippen molar-refractivity contribution in [3.63, 3.8) is 0 Å². The molecule has 96 valence electrons. The van der Waals surface area contributed by atoms with Crippen LogP contribution in [0.4, 0.5) is 5.82 Å². The van der Waals surface area contributed by atoms with Gasteiger partial charge in [-0.15, -0.1) is 5.10 Å². The molecule has 1 heterocycles. The van der Waals surface area contributed by atoms with Gasteiger partial charge in [0.1, 0.15) is 0 Å². The fourth-order valence-corrected chi connectivity index (χ4v) is 2.28. The third-order valence-electron chi connectivity index (χ3n) is 1.89. The third-order valence-corrected chi connectivity index (χ3v) is 3.39. The Morgan fingerprint density at radius 2 is 2.12 bits per heavy atom. The highest BCUT2D eigenvalue weighted by molar-refractivity contribution is 7.92. The molecule has 1 aromatic rings. The van der Waals surface area contributed by atoms with Crippen LogP contribution in [0.25, 0.3) is 0 Å². The molecule has 0 saturated carbocycles. The molecule has 0 spiro atoms. The number of sulfone groups is 1. The normalized spacial score (nSPS) is 11.9. The van der Waals surface area contributed by atoms with Crippen molar-refractivity contribution < 1.29 is 18.3 Å². The van der Waals surface area contributed by atoms with Gasteiger partial charge in [0.2, 0.25) is 14.9 Å². The number of anilines is 1. The van der Waals surface area contributed by atoms with Gasteiger partial charge in [0.15, 0.2) is 11.6 Å². The van der Waals surface area contributed by atoms with E-state index >= 15 is 0 Å². The first kappa shape index (κ1) is 13.4. The van der Waals surface area contributed by atoms with E-state index in [1.54, 1.807) is 0 Å². The van der Waals surface area contributed by atoms with E-state index < -0.39 is 26.6 Å². The molecule has 8 nitrogen and oxygen atoms in total. The first-order valence-corrected chi connectivity index (χ1v) is 6.52. The van der Waals surface area contributed by atoms with Gasteiger partial charge in [-0.1, -0.05) is 19.1 Å². The van der Waals surface area contributed by atoms with Gasteiger partial charge >= 0.3 is 5.97 Å². The van der Waals surface area contributed by atoms with E-state index in [0.29, 0.717) is 6.54 Å². The van der Waals surface area contributed by atoms with Crippen LogP contribution in [-0.4, -0.2) is 40.2 Å². The zero-order chi connectivity index (χ0) is 13.2. The van der Waals surface area contributed by atoms with Gasteiger partial charge in [-0.25, -0.2) is 13.1 Å². The van der Waals surface area contributed by atoms with Crippen molar-refractivity contribution in [2.75, 3.05) is 11.5 Å².